The molecular weight excluding hydrogens is 303 g/mol. The molecule has 0 bridgehead atoms. The number of alkyl halides is 4. The van der Waals surface area contributed by atoms with Crippen molar-refractivity contribution in [3.63, 3.8) is 0 Å². The highest BCUT2D eigenvalue weighted by atomic mass is 35.5. The van der Waals surface area contributed by atoms with Crippen LogP contribution in [0.1, 0.15) is 21.5 Å². The Bertz CT molecular complexity index is 540. The van der Waals surface area contributed by atoms with E-state index in [2.05, 4.69) is 4.74 Å². The molecule has 0 amide bonds. The van der Waals surface area contributed by atoms with Gasteiger partial charge in [-0.2, -0.15) is 18.4 Å². The van der Waals surface area contributed by atoms with Gasteiger partial charge in [0.1, 0.15) is 6.07 Å². The van der Waals surface area contributed by atoms with Gasteiger partial charge in [-0.25, -0.2) is 4.79 Å². The molecule has 0 saturated heterocycles. The van der Waals surface area contributed by atoms with Crippen LogP contribution in [0.2, 0.25) is 0 Å². The van der Waals surface area contributed by atoms with E-state index in [0.717, 1.165) is 19.2 Å². The van der Waals surface area contributed by atoms with E-state index >= 15 is 0 Å². The Morgan fingerprint density at radius 3 is 2.58 bits per heavy atom. The van der Waals surface area contributed by atoms with Gasteiger partial charge in [-0.15, -0.1) is 11.6 Å². The zero-order valence-corrected chi connectivity index (χ0v) is 11.1. The van der Waals surface area contributed by atoms with Crippen molar-refractivity contribution < 1.29 is 22.7 Å². The topological polar surface area (TPSA) is 50.1 Å². The fourth-order valence-electron chi connectivity index (χ4n) is 1.41. The van der Waals surface area contributed by atoms with E-state index in [-0.39, 0.29) is 39.2 Å². The number of carbonyl (C=O) groups excluding carboxylic acids is 1. The first kappa shape index (κ1) is 15.7. The van der Waals surface area contributed by atoms with Crippen LogP contribution in [0.4, 0.5) is 13.2 Å². The van der Waals surface area contributed by atoms with Gasteiger partial charge in [-0.05, 0) is 29.5 Å². The predicted octanol–water partition coefficient (Wildman–Crippen LogP) is 3.70. The minimum absolute atomic E-state index is 0.0603. The Labute approximate surface area is 116 Å². The zero-order chi connectivity index (χ0) is 14.6. The molecule has 1 aromatic carbocycles. The number of esters is 1. The maximum absolute atomic E-state index is 12.4. The lowest BCUT2D eigenvalue weighted by Gasteiger charge is -2.13. The molecule has 0 saturated carbocycles. The van der Waals surface area contributed by atoms with E-state index in [0.29, 0.717) is 0 Å². The molecule has 0 N–H and O–H groups in total. The summed E-state index contributed by atoms with van der Waals surface area (Å²) >= 11 is 5.21. The molecular formula is C11H7ClF3NO2S. The van der Waals surface area contributed by atoms with Crippen LogP contribution in [0.15, 0.2) is 17.0 Å². The number of nitrogens with zero attached hydrogens (tertiary/aromatic N) is 1. The van der Waals surface area contributed by atoms with Crippen LogP contribution < -0.4 is 0 Å². The average molecular weight is 310 g/mol. The molecule has 0 fully saturated rings. The number of rotatable bonds is 3. The minimum Gasteiger partial charge on any atom is -0.465 e. The number of carbonyl (C=O) groups is 1. The molecule has 0 unspecified atom stereocenters. The summed E-state index contributed by atoms with van der Waals surface area (Å²) in [5, 5.41) is 8.88. The van der Waals surface area contributed by atoms with Crippen molar-refractivity contribution in [3.8, 4) is 6.07 Å². The Balaban J connectivity index is 3.45. The minimum atomic E-state index is -4.51. The van der Waals surface area contributed by atoms with E-state index < -0.39 is 11.5 Å². The molecule has 19 heavy (non-hydrogen) atoms. The highest BCUT2D eigenvalue weighted by Gasteiger charge is 2.32. The summed E-state index contributed by atoms with van der Waals surface area (Å²) < 4.78 is 41.6. The third kappa shape index (κ3) is 3.78. The van der Waals surface area contributed by atoms with Gasteiger partial charge >= 0.3 is 11.5 Å². The quantitative estimate of drug-likeness (QED) is 0.485. The second-order valence-corrected chi connectivity index (χ2v) is 4.62. The van der Waals surface area contributed by atoms with Gasteiger partial charge in [-0.3, -0.25) is 0 Å². The van der Waals surface area contributed by atoms with E-state index in [9.17, 15) is 18.0 Å². The van der Waals surface area contributed by atoms with Crippen molar-refractivity contribution in [1.29, 1.82) is 5.26 Å². The van der Waals surface area contributed by atoms with Gasteiger partial charge in [-0.1, -0.05) is 0 Å². The number of methoxy groups -OCH3 is 1. The summed E-state index contributed by atoms with van der Waals surface area (Å²) in [4.78, 5) is 11.3. The van der Waals surface area contributed by atoms with E-state index in [1.807, 2.05) is 0 Å². The molecule has 8 heteroatoms. The molecule has 0 spiro atoms. The van der Waals surface area contributed by atoms with Crippen molar-refractivity contribution in [2.24, 2.45) is 0 Å². The third-order valence-electron chi connectivity index (χ3n) is 2.14. The van der Waals surface area contributed by atoms with Crippen LogP contribution in [0.3, 0.4) is 0 Å². The molecule has 0 atom stereocenters. The molecule has 3 nitrogen and oxygen atoms in total. The lowest BCUT2D eigenvalue weighted by molar-refractivity contribution is -0.0328. The molecule has 0 radical (unpaired) electrons. The second kappa shape index (κ2) is 6.17. The van der Waals surface area contributed by atoms with Crippen molar-refractivity contribution in [3.05, 3.63) is 28.8 Å². The molecule has 0 aromatic heterocycles. The summed E-state index contributed by atoms with van der Waals surface area (Å²) in [6.07, 6.45) is 0. The van der Waals surface area contributed by atoms with Crippen molar-refractivity contribution >= 4 is 29.3 Å². The summed E-state index contributed by atoms with van der Waals surface area (Å²) in [6, 6.07) is 3.97. The molecule has 0 aliphatic rings. The van der Waals surface area contributed by atoms with Crippen LogP contribution in [-0.4, -0.2) is 18.6 Å². The number of hydrogen-bond donors (Lipinski definition) is 0. The Hall–Kier alpha value is -1.39. The first-order valence-corrected chi connectivity index (χ1v) is 6.15. The smallest absolute Gasteiger partial charge is 0.446 e. The number of halogens is 4. The largest absolute Gasteiger partial charge is 0.465 e. The summed E-state index contributed by atoms with van der Waals surface area (Å²) in [5.74, 6) is -1.23. The van der Waals surface area contributed by atoms with E-state index in [4.69, 9.17) is 16.9 Å². The summed E-state index contributed by atoms with van der Waals surface area (Å²) in [6.45, 7) is 0. The molecule has 0 heterocycles. The SMILES string of the molecule is COC(=O)c1c(C#N)ccc(SC(F)(F)F)c1CCl. The molecule has 1 aromatic rings. The van der Waals surface area contributed by atoms with Crippen molar-refractivity contribution in [2.45, 2.75) is 16.3 Å². The lowest BCUT2D eigenvalue weighted by Crippen LogP contribution is -2.10. The van der Waals surface area contributed by atoms with Gasteiger partial charge < -0.3 is 4.74 Å². The molecule has 0 aliphatic carbocycles. The monoisotopic (exact) mass is 309 g/mol. The maximum atomic E-state index is 12.4. The van der Waals surface area contributed by atoms with Gasteiger partial charge in [0.05, 0.1) is 18.2 Å². The lowest BCUT2D eigenvalue weighted by atomic mass is 10.0. The first-order valence-electron chi connectivity index (χ1n) is 4.80. The molecule has 1 rings (SSSR count). The van der Waals surface area contributed by atoms with Crippen LogP contribution in [0.25, 0.3) is 0 Å². The highest BCUT2D eigenvalue weighted by molar-refractivity contribution is 8.00. The van der Waals surface area contributed by atoms with Crippen molar-refractivity contribution in [1.82, 2.24) is 0 Å². The van der Waals surface area contributed by atoms with Crippen LogP contribution in [-0.2, 0) is 10.6 Å². The Morgan fingerprint density at radius 2 is 2.16 bits per heavy atom. The van der Waals surface area contributed by atoms with E-state index in [1.54, 1.807) is 6.07 Å². The molecule has 0 aliphatic heterocycles. The van der Waals surface area contributed by atoms with Crippen LogP contribution >= 0.6 is 23.4 Å². The standard InChI is InChI=1S/C11H7ClF3NO2S/c1-18-10(17)9-6(5-16)2-3-8(7(9)4-12)19-11(13,14)15/h2-3H,4H2,1H3. The Kier molecular flexibility index (Phi) is 5.09. The first-order chi connectivity index (χ1) is 8.84. The number of nitriles is 1. The predicted molar refractivity (Wildman–Crippen MR) is 64.0 cm³/mol. The van der Waals surface area contributed by atoms with Crippen LogP contribution in [0.5, 0.6) is 0 Å². The van der Waals surface area contributed by atoms with Gasteiger partial charge in [0.15, 0.2) is 0 Å². The van der Waals surface area contributed by atoms with Gasteiger partial charge in [0.2, 0.25) is 0 Å². The fraction of sp³-hybridized carbons (Fsp3) is 0.273. The fourth-order valence-corrected chi connectivity index (χ4v) is 2.45. The normalized spacial score (nSPS) is 10.9. The van der Waals surface area contributed by atoms with E-state index in [1.165, 1.54) is 0 Å². The zero-order valence-electron chi connectivity index (χ0n) is 9.55. The second-order valence-electron chi connectivity index (χ2n) is 3.25. The summed E-state index contributed by atoms with van der Waals surface area (Å²) in [5.41, 5.74) is -4.87. The van der Waals surface area contributed by atoms with Gasteiger partial charge in [0.25, 0.3) is 0 Å². The van der Waals surface area contributed by atoms with Crippen LogP contribution in [0, 0.1) is 11.3 Å². The highest BCUT2D eigenvalue weighted by Crippen LogP contribution is 2.40. The number of benzene rings is 1. The third-order valence-corrected chi connectivity index (χ3v) is 3.24. The number of hydrogen-bond acceptors (Lipinski definition) is 4. The maximum Gasteiger partial charge on any atom is 0.446 e. The van der Waals surface area contributed by atoms with Crippen molar-refractivity contribution in [2.75, 3.05) is 7.11 Å². The van der Waals surface area contributed by atoms with Gasteiger partial charge in [0, 0.05) is 10.8 Å². The average Bonchev–Trinajstić information content (AvgIpc) is 2.35. The number of thioether (sulfide) groups is 1. The molecule has 102 valence electrons. The number of ether oxygens (including phenoxy) is 1. The summed E-state index contributed by atoms with van der Waals surface area (Å²) in [7, 11) is 1.07. The Morgan fingerprint density at radius 1 is 1.53 bits per heavy atom.